The maximum atomic E-state index is 5.42. The van der Waals surface area contributed by atoms with Crippen LogP contribution in [-0.4, -0.2) is 10.5 Å². The lowest BCUT2D eigenvalue weighted by Gasteiger charge is -2.34. The van der Waals surface area contributed by atoms with Gasteiger partial charge in [-0.2, -0.15) is 0 Å². The first-order valence-electron chi connectivity index (χ1n) is 3.76. The van der Waals surface area contributed by atoms with E-state index < -0.39 is 0 Å². The molecule has 0 aliphatic carbocycles. The van der Waals surface area contributed by atoms with E-state index in [0.717, 1.165) is 0 Å². The predicted octanol–water partition coefficient (Wildman–Crippen LogP) is 2.28. The summed E-state index contributed by atoms with van der Waals surface area (Å²) in [5.41, 5.74) is 0.470. The summed E-state index contributed by atoms with van der Waals surface area (Å²) in [5.74, 6) is 1.26. The van der Waals surface area contributed by atoms with E-state index in [1.807, 2.05) is 0 Å². The van der Waals surface area contributed by atoms with Gasteiger partial charge in [-0.25, -0.2) is 0 Å². The van der Waals surface area contributed by atoms with Crippen LogP contribution in [0.2, 0.25) is 0 Å². The summed E-state index contributed by atoms with van der Waals surface area (Å²) in [5, 5.41) is 0. The fourth-order valence-electron chi connectivity index (χ4n) is 1.21. The molecule has 0 aromatic carbocycles. The van der Waals surface area contributed by atoms with Crippen LogP contribution in [0.5, 0.6) is 0 Å². The van der Waals surface area contributed by atoms with Crippen molar-refractivity contribution in [2.75, 3.05) is 5.75 Å². The molecule has 1 atom stereocenters. The molecule has 10 heavy (non-hydrogen) atoms. The van der Waals surface area contributed by atoms with Gasteiger partial charge in [-0.15, -0.1) is 9.45 Å². The van der Waals surface area contributed by atoms with Crippen LogP contribution in [-0.2, 0) is 20.6 Å². The molecule has 1 aliphatic rings. The van der Waals surface area contributed by atoms with Crippen LogP contribution in [0.3, 0.4) is 0 Å². The standard InChI is InChI=1S/C8H16S2/c1-7(2)5-6-10(9)8(7,3)4/h5-6H2,1-4H3. The summed E-state index contributed by atoms with van der Waals surface area (Å²) in [6.45, 7) is 9.31. The van der Waals surface area contributed by atoms with Crippen LogP contribution < -0.4 is 0 Å². The minimum atomic E-state index is 0.231. The average molecular weight is 176 g/mol. The first-order valence-corrected chi connectivity index (χ1v) is 6.08. The third-order valence-electron chi connectivity index (χ3n) is 3.11. The van der Waals surface area contributed by atoms with Crippen molar-refractivity contribution in [1.29, 1.82) is 0 Å². The average Bonchev–Trinajstić information content (AvgIpc) is 1.94. The van der Waals surface area contributed by atoms with Crippen molar-refractivity contribution < 1.29 is 0 Å². The molecule has 1 rings (SSSR count). The molecule has 0 nitrogen and oxygen atoms in total. The van der Waals surface area contributed by atoms with E-state index in [9.17, 15) is 0 Å². The summed E-state index contributed by atoms with van der Waals surface area (Å²) in [4.78, 5) is 0. The summed E-state index contributed by atoms with van der Waals surface area (Å²) in [6.07, 6.45) is 1.31. The molecule has 0 spiro atoms. The van der Waals surface area contributed by atoms with E-state index in [2.05, 4.69) is 27.7 Å². The zero-order valence-corrected chi connectivity index (χ0v) is 8.86. The van der Waals surface area contributed by atoms with Crippen LogP contribution in [0.25, 0.3) is 0 Å². The summed E-state index contributed by atoms with van der Waals surface area (Å²) in [6, 6.07) is 0. The SMILES string of the molecule is CC1(C)CCS(=S)C1(C)C. The molecule has 1 fully saturated rings. The molecular weight excluding hydrogens is 160 g/mol. The summed E-state index contributed by atoms with van der Waals surface area (Å²) >= 11 is 5.42. The molecule has 1 heterocycles. The third-order valence-corrected chi connectivity index (χ3v) is 7.13. The molecule has 2 heteroatoms. The highest BCUT2D eigenvalue weighted by molar-refractivity contribution is 8.29. The highest BCUT2D eigenvalue weighted by Crippen LogP contribution is 2.44. The Morgan fingerprint density at radius 3 is 1.80 bits per heavy atom. The van der Waals surface area contributed by atoms with Crippen molar-refractivity contribution in [3.05, 3.63) is 0 Å². The quantitative estimate of drug-likeness (QED) is 0.545. The Kier molecular flexibility index (Phi) is 1.97. The number of hydrogen-bond acceptors (Lipinski definition) is 1. The Hall–Kier alpha value is 0.570. The Bertz CT molecular complexity index is 168. The Morgan fingerprint density at radius 2 is 1.70 bits per heavy atom. The van der Waals surface area contributed by atoms with Crippen molar-refractivity contribution in [1.82, 2.24) is 0 Å². The molecule has 1 saturated heterocycles. The summed E-state index contributed by atoms with van der Waals surface area (Å²) < 4.78 is 0.391. The second-order valence-electron chi connectivity index (χ2n) is 4.19. The molecule has 0 bridgehead atoms. The molecule has 0 N–H and O–H groups in total. The number of rotatable bonds is 0. The van der Waals surface area contributed by atoms with E-state index in [0.29, 0.717) is 10.2 Å². The Morgan fingerprint density at radius 1 is 1.20 bits per heavy atom. The van der Waals surface area contributed by atoms with Crippen LogP contribution in [0.1, 0.15) is 34.1 Å². The van der Waals surface area contributed by atoms with Crippen molar-refractivity contribution in [2.24, 2.45) is 5.41 Å². The van der Waals surface area contributed by atoms with E-state index in [-0.39, 0.29) is 9.45 Å². The topological polar surface area (TPSA) is 0 Å². The van der Waals surface area contributed by atoms with Crippen molar-refractivity contribution >= 4 is 20.6 Å². The van der Waals surface area contributed by atoms with Crippen molar-refractivity contribution in [3.8, 4) is 0 Å². The van der Waals surface area contributed by atoms with Crippen molar-refractivity contribution in [3.63, 3.8) is 0 Å². The Labute approximate surface area is 71.0 Å². The molecule has 0 saturated carbocycles. The van der Waals surface area contributed by atoms with E-state index in [1.54, 1.807) is 0 Å². The molecule has 1 aliphatic heterocycles. The predicted molar refractivity (Wildman–Crippen MR) is 52.1 cm³/mol. The minimum Gasteiger partial charge on any atom is -0.115 e. The molecule has 0 radical (unpaired) electrons. The fourth-order valence-corrected chi connectivity index (χ4v) is 4.06. The van der Waals surface area contributed by atoms with Crippen LogP contribution in [0, 0.1) is 5.41 Å². The van der Waals surface area contributed by atoms with Gasteiger partial charge in [0.15, 0.2) is 0 Å². The highest BCUT2D eigenvalue weighted by atomic mass is 32.8. The van der Waals surface area contributed by atoms with Crippen LogP contribution >= 0.6 is 0 Å². The van der Waals surface area contributed by atoms with Gasteiger partial charge in [0.05, 0.1) is 0 Å². The monoisotopic (exact) mass is 176 g/mol. The van der Waals surface area contributed by atoms with E-state index in [4.69, 9.17) is 11.2 Å². The molecule has 0 aromatic heterocycles. The van der Waals surface area contributed by atoms with Gasteiger partial charge in [-0.1, -0.05) is 25.0 Å². The molecule has 60 valence electrons. The van der Waals surface area contributed by atoms with Crippen LogP contribution in [0.15, 0.2) is 0 Å². The zero-order valence-electron chi connectivity index (χ0n) is 7.23. The first kappa shape index (κ1) is 8.66. The molecule has 0 aromatic rings. The zero-order chi connectivity index (χ0) is 7.99. The van der Waals surface area contributed by atoms with Gasteiger partial charge in [0, 0.05) is 4.75 Å². The van der Waals surface area contributed by atoms with E-state index >= 15 is 0 Å². The lowest BCUT2D eigenvalue weighted by Crippen LogP contribution is -2.35. The maximum absolute atomic E-state index is 5.42. The summed E-state index contributed by atoms with van der Waals surface area (Å²) in [7, 11) is 0.231. The molecule has 0 amide bonds. The van der Waals surface area contributed by atoms with Crippen LogP contribution in [0.4, 0.5) is 0 Å². The smallest absolute Gasteiger partial charge is 0.0201 e. The van der Waals surface area contributed by atoms with Gasteiger partial charge in [0.1, 0.15) is 0 Å². The van der Waals surface area contributed by atoms with Gasteiger partial charge >= 0.3 is 0 Å². The minimum absolute atomic E-state index is 0.231. The fraction of sp³-hybridized carbons (Fsp3) is 1.00. The number of hydrogen-bond donors (Lipinski definition) is 0. The van der Waals surface area contributed by atoms with Gasteiger partial charge in [0.25, 0.3) is 0 Å². The highest BCUT2D eigenvalue weighted by Gasteiger charge is 2.44. The van der Waals surface area contributed by atoms with Crippen molar-refractivity contribution in [2.45, 2.75) is 38.9 Å². The van der Waals surface area contributed by atoms with Gasteiger partial charge in [-0.3, -0.25) is 0 Å². The normalized spacial score (nSPS) is 36.2. The van der Waals surface area contributed by atoms with Gasteiger partial charge < -0.3 is 0 Å². The lowest BCUT2D eigenvalue weighted by atomic mass is 9.79. The van der Waals surface area contributed by atoms with E-state index in [1.165, 1.54) is 12.2 Å². The second-order valence-corrected chi connectivity index (χ2v) is 7.52. The molecule has 1 unspecified atom stereocenters. The lowest BCUT2D eigenvalue weighted by molar-refractivity contribution is 0.293. The maximum Gasteiger partial charge on any atom is 0.0201 e. The van der Waals surface area contributed by atoms with Gasteiger partial charge in [0.2, 0.25) is 0 Å². The second kappa shape index (κ2) is 2.28. The third kappa shape index (κ3) is 1.06. The molecular formula is C8H16S2. The largest absolute Gasteiger partial charge is 0.115 e. The first-order chi connectivity index (χ1) is 4.38. The van der Waals surface area contributed by atoms with Gasteiger partial charge in [-0.05, 0) is 31.4 Å². The Balaban J connectivity index is 2.95.